The van der Waals surface area contributed by atoms with Crippen LogP contribution >= 0.6 is 11.6 Å². The summed E-state index contributed by atoms with van der Waals surface area (Å²) in [5, 5.41) is 0.672. The van der Waals surface area contributed by atoms with Crippen molar-refractivity contribution in [1.29, 1.82) is 0 Å². The first-order chi connectivity index (χ1) is 15.5. The van der Waals surface area contributed by atoms with Gasteiger partial charge in [-0.15, -0.1) is 0 Å². The summed E-state index contributed by atoms with van der Waals surface area (Å²) in [4.78, 5) is 10.3. The summed E-state index contributed by atoms with van der Waals surface area (Å²) in [6.45, 7) is 22.3. The van der Waals surface area contributed by atoms with Crippen LogP contribution in [0.4, 0.5) is 5.69 Å². The molecule has 0 bridgehead atoms. The van der Waals surface area contributed by atoms with Crippen LogP contribution in [0.5, 0.6) is 0 Å². The molecule has 4 nitrogen and oxygen atoms in total. The summed E-state index contributed by atoms with van der Waals surface area (Å²) in [6.07, 6.45) is -0.628. The predicted molar refractivity (Wildman–Crippen MR) is 151 cm³/mol. The molecule has 0 saturated heterocycles. The predicted octanol–water partition coefficient (Wildman–Crippen LogP) is 8.59. The van der Waals surface area contributed by atoms with E-state index in [2.05, 4.69) is 79.9 Å². The molecule has 0 aromatic heterocycles. The molecule has 2 aromatic rings. The van der Waals surface area contributed by atoms with E-state index < -0.39 is 22.9 Å². The number of hydrogen-bond acceptors (Lipinski definition) is 4. The van der Waals surface area contributed by atoms with E-state index in [0.717, 1.165) is 22.5 Å². The van der Waals surface area contributed by atoms with E-state index in [1.165, 1.54) is 0 Å². The summed E-state index contributed by atoms with van der Waals surface area (Å²) >= 11 is 6.44. The molecule has 0 saturated carbocycles. The van der Waals surface area contributed by atoms with Gasteiger partial charge in [-0.3, -0.25) is 0 Å². The zero-order valence-corrected chi connectivity index (χ0v) is 25.0. The van der Waals surface area contributed by atoms with Gasteiger partial charge in [0, 0.05) is 16.1 Å². The highest BCUT2D eigenvalue weighted by Crippen LogP contribution is 2.41. The maximum atomic E-state index is 6.89. The second-order valence-electron chi connectivity index (χ2n) is 12.0. The van der Waals surface area contributed by atoms with Crippen LogP contribution in [-0.4, -0.2) is 34.5 Å². The summed E-state index contributed by atoms with van der Waals surface area (Å²) in [5.41, 5.74) is 3.50. The van der Waals surface area contributed by atoms with Gasteiger partial charge < -0.3 is 8.85 Å². The first-order valence-corrected chi connectivity index (χ1v) is 18.1. The molecule has 184 valence electrons. The Labute approximate surface area is 212 Å². The number of aliphatic imine (C=N–C) groups is 2. The van der Waals surface area contributed by atoms with Crippen molar-refractivity contribution in [2.45, 2.75) is 84.0 Å². The molecular formula is C27H39ClN2O2Si2. The van der Waals surface area contributed by atoms with Crippen LogP contribution in [0, 0.1) is 0 Å². The summed E-state index contributed by atoms with van der Waals surface area (Å²) in [7, 11) is -4.40. The van der Waals surface area contributed by atoms with Gasteiger partial charge in [0.2, 0.25) is 12.1 Å². The maximum absolute atomic E-state index is 6.89. The van der Waals surface area contributed by atoms with Crippen molar-refractivity contribution >= 4 is 45.5 Å². The van der Waals surface area contributed by atoms with Crippen LogP contribution < -0.4 is 0 Å². The highest BCUT2D eigenvalue weighted by Gasteiger charge is 2.45. The molecule has 1 heterocycles. The Kier molecular flexibility index (Phi) is 7.41. The zero-order valence-electron chi connectivity index (χ0n) is 22.3. The molecule has 2 aromatic carbocycles. The standard InChI is InChI=1S/C27H39ClN2O2Si2/c1-26(2,3)33(7,8)31-24-25(32-34(9,10)27(4,5)6)30-23(19-14-12-11-13-15-19)21-18-20(28)16-17-22(21)29-24/h11-18,25H,1-10H3. The molecule has 0 spiro atoms. The second-order valence-corrected chi connectivity index (χ2v) is 22.0. The Morgan fingerprint density at radius 1 is 0.824 bits per heavy atom. The molecule has 0 N–H and O–H groups in total. The number of nitrogens with zero attached hydrogens (tertiary/aromatic N) is 2. The minimum Gasteiger partial charge on any atom is -0.530 e. The minimum absolute atomic E-state index is 0.0121. The molecule has 7 heteroatoms. The van der Waals surface area contributed by atoms with Crippen molar-refractivity contribution in [2.24, 2.45) is 9.98 Å². The zero-order chi connectivity index (χ0) is 25.5. The lowest BCUT2D eigenvalue weighted by atomic mass is 10.0. The van der Waals surface area contributed by atoms with E-state index in [-0.39, 0.29) is 10.1 Å². The number of halogens is 1. The second kappa shape index (κ2) is 9.38. The lowest BCUT2D eigenvalue weighted by molar-refractivity contribution is 0.228. The van der Waals surface area contributed by atoms with Gasteiger partial charge in [0.05, 0.1) is 11.4 Å². The Morgan fingerprint density at radius 2 is 1.41 bits per heavy atom. The Hall–Kier alpha value is -1.74. The van der Waals surface area contributed by atoms with Crippen molar-refractivity contribution in [3.8, 4) is 0 Å². The Morgan fingerprint density at radius 3 is 1.97 bits per heavy atom. The molecule has 1 unspecified atom stereocenters. The van der Waals surface area contributed by atoms with Crippen molar-refractivity contribution in [2.75, 3.05) is 0 Å². The fraction of sp³-hybridized carbons (Fsp3) is 0.481. The average Bonchev–Trinajstić information content (AvgIpc) is 2.83. The fourth-order valence-corrected chi connectivity index (χ4v) is 5.27. The molecule has 0 fully saturated rings. The molecule has 3 rings (SSSR count). The van der Waals surface area contributed by atoms with Crippen molar-refractivity contribution in [1.82, 2.24) is 0 Å². The highest BCUT2D eigenvalue weighted by molar-refractivity contribution is 6.76. The smallest absolute Gasteiger partial charge is 0.252 e. The van der Waals surface area contributed by atoms with Gasteiger partial charge in [-0.1, -0.05) is 83.5 Å². The monoisotopic (exact) mass is 514 g/mol. The maximum Gasteiger partial charge on any atom is 0.252 e. The normalized spacial score (nSPS) is 17.4. The van der Waals surface area contributed by atoms with E-state index in [9.17, 15) is 0 Å². The van der Waals surface area contributed by atoms with Crippen LogP contribution in [0.25, 0.3) is 0 Å². The molecule has 1 atom stereocenters. The van der Waals surface area contributed by atoms with Gasteiger partial charge >= 0.3 is 0 Å². The molecule has 1 aliphatic heterocycles. The summed E-state index contributed by atoms with van der Waals surface area (Å²) in [6, 6.07) is 15.9. The lowest BCUT2D eigenvalue weighted by Crippen LogP contribution is -2.49. The largest absolute Gasteiger partial charge is 0.530 e. The number of benzene rings is 2. The first-order valence-electron chi connectivity index (χ1n) is 11.9. The van der Waals surface area contributed by atoms with Crippen LogP contribution in [0.15, 0.2) is 58.5 Å². The average molecular weight is 515 g/mol. The van der Waals surface area contributed by atoms with E-state index in [1.807, 2.05) is 36.4 Å². The highest BCUT2D eigenvalue weighted by atomic mass is 35.5. The Balaban J connectivity index is 2.25. The van der Waals surface area contributed by atoms with Gasteiger partial charge in [0.15, 0.2) is 8.32 Å². The van der Waals surface area contributed by atoms with E-state index in [4.69, 9.17) is 30.4 Å². The third-order valence-corrected chi connectivity index (χ3v) is 16.3. The van der Waals surface area contributed by atoms with Crippen molar-refractivity contribution < 1.29 is 8.85 Å². The molecule has 1 aliphatic rings. The van der Waals surface area contributed by atoms with Gasteiger partial charge in [0.1, 0.15) is 0 Å². The number of hydrogen-bond donors (Lipinski definition) is 0. The topological polar surface area (TPSA) is 43.2 Å². The van der Waals surface area contributed by atoms with Crippen molar-refractivity contribution in [3.05, 3.63) is 64.7 Å². The lowest BCUT2D eigenvalue weighted by Gasteiger charge is -2.41. The molecule has 0 amide bonds. The quantitative estimate of drug-likeness (QED) is 0.383. The van der Waals surface area contributed by atoms with Crippen molar-refractivity contribution in [3.63, 3.8) is 0 Å². The van der Waals surface area contributed by atoms with Crippen LogP contribution in [0.1, 0.15) is 52.7 Å². The van der Waals surface area contributed by atoms with Crippen LogP contribution in [-0.2, 0) is 8.85 Å². The first kappa shape index (κ1) is 26.9. The molecular weight excluding hydrogens is 476 g/mol. The van der Waals surface area contributed by atoms with E-state index in [1.54, 1.807) is 0 Å². The third-order valence-electron chi connectivity index (χ3n) is 7.33. The number of rotatable bonds is 4. The van der Waals surface area contributed by atoms with Gasteiger partial charge in [-0.05, 0) is 54.5 Å². The number of fused-ring (bicyclic) bond motifs is 1. The molecule has 0 radical (unpaired) electrons. The fourth-order valence-electron chi connectivity index (χ4n) is 3.06. The van der Waals surface area contributed by atoms with Gasteiger partial charge in [-0.25, -0.2) is 9.98 Å². The minimum atomic E-state index is -2.20. The van der Waals surface area contributed by atoms with Gasteiger partial charge in [-0.2, -0.15) is 0 Å². The van der Waals surface area contributed by atoms with Gasteiger partial charge in [0.25, 0.3) is 8.32 Å². The van der Waals surface area contributed by atoms with E-state index >= 15 is 0 Å². The third kappa shape index (κ3) is 5.73. The van der Waals surface area contributed by atoms with Crippen LogP contribution in [0.2, 0.25) is 41.3 Å². The molecule has 0 aliphatic carbocycles. The summed E-state index contributed by atoms with van der Waals surface area (Å²) < 4.78 is 13.7. The SMILES string of the molecule is CC(C)(C)[Si](C)(C)OC1=Nc2ccc(Cl)cc2C(c2ccccc2)=NC1O[Si](C)(C)C(C)(C)C. The molecule has 34 heavy (non-hydrogen) atoms. The Bertz CT molecular complexity index is 1100. The van der Waals surface area contributed by atoms with E-state index in [0.29, 0.717) is 10.9 Å². The summed E-state index contributed by atoms with van der Waals surface area (Å²) in [5.74, 6) is 0.547. The van der Waals surface area contributed by atoms with Crippen LogP contribution in [0.3, 0.4) is 0 Å².